The van der Waals surface area contributed by atoms with E-state index in [1.165, 1.54) is 12.8 Å². The molecule has 0 spiro atoms. The number of carbonyl (C=O) groups is 1. The Balaban J connectivity index is 1.55. The van der Waals surface area contributed by atoms with Gasteiger partial charge in [-0.1, -0.05) is 0 Å². The highest BCUT2D eigenvalue weighted by molar-refractivity contribution is 8.00. The van der Waals surface area contributed by atoms with Crippen molar-refractivity contribution in [3.63, 3.8) is 0 Å². The van der Waals surface area contributed by atoms with Crippen LogP contribution in [0.2, 0.25) is 0 Å². The second-order valence-electron chi connectivity index (χ2n) is 4.70. The van der Waals surface area contributed by atoms with E-state index in [9.17, 15) is 4.79 Å². The Bertz CT molecular complexity index is 460. The van der Waals surface area contributed by atoms with Gasteiger partial charge in [0, 0.05) is 29.7 Å². The fourth-order valence-electron chi connectivity index (χ4n) is 1.96. The van der Waals surface area contributed by atoms with Gasteiger partial charge in [0.1, 0.15) is 0 Å². The maximum Gasteiger partial charge on any atom is 0.234 e. The number of anilines is 2. The lowest BCUT2D eigenvalue weighted by Crippen LogP contribution is -2.24. The molecule has 0 radical (unpaired) electrons. The van der Waals surface area contributed by atoms with Crippen LogP contribution in [-0.4, -0.2) is 30.8 Å². The smallest absolute Gasteiger partial charge is 0.234 e. The van der Waals surface area contributed by atoms with Crippen LogP contribution in [-0.2, 0) is 4.79 Å². The first-order valence-electron chi connectivity index (χ1n) is 6.35. The second kappa shape index (κ2) is 5.20. The maximum absolute atomic E-state index is 11.3. The molecule has 2 aliphatic rings. The molecule has 1 aromatic rings. The van der Waals surface area contributed by atoms with Crippen LogP contribution < -0.4 is 16.0 Å². The van der Waals surface area contributed by atoms with Gasteiger partial charge in [0.15, 0.2) is 0 Å². The molecule has 0 bridgehead atoms. The van der Waals surface area contributed by atoms with Gasteiger partial charge in [-0.25, -0.2) is 0 Å². The van der Waals surface area contributed by atoms with Crippen molar-refractivity contribution in [2.75, 3.05) is 29.5 Å². The molecule has 1 amide bonds. The lowest BCUT2D eigenvalue weighted by molar-refractivity contribution is -0.113. The molecule has 0 aromatic heterocycles. The summed E-state index contributed by atoms with van der Waals surface area (Å²) in [4.78, 5) is 12.5. The molecule has 1 fully saturated rings. The molecule has 3 rings (SSSR count). The molecule has 1 saturated carbocycles. The van der Waals surface area contributed by atoms with Gasteiger partial charge < -0.3 is 16.0 Å². The van der Waals surface area contributed by atoms with Crippen LogP contribution >= 0.6 is 11.8 Å². The van der Waals surface area contributed by atoms with E-state index in [0.29, 0.717) is 5.75 Å². The monoisotopic (exact) mass is 263 g/mol. The first kappa shape index (κ1) is 11.9. The topological polar surface area (TPSA) is 53.2 Å². The van der Waals surface area contributed by atoms with Crippen LogP contribution in [0.4, 0.5) is 11.4 Å². The van der Waals surface area contributed by atoms with E-state index in [1.54, 1.807) is 11.8 Å². The molecule has 18 heavy (non-hydrogen) atoms. The second-order valence-corrected chi connectivity index (χ2v) is 5.72. The molecule has 1 aliphatic carbocycles. The van der Waals surface area contributed by atoms with Crippen molar-refractivity contribution in [3.8, 4) is 0 Å². The maximum atomic E-state index is 11.3. The lowest BCUT2D eigenvalue weighted by atomic mass is 10.2. The van der Waals surface area contributed by atoms with Crippen molar-refractivity contribution in [1.29, 1.82) is 0 Å². The SMILES string of the molecule is O=C1CSc2ccc(NCCNC3CC3)cc2N1. The number of amides is 1. The summed E-state index contributed by atoms with van der Waals surface area (Å²) < 4.78 is 0. The fraction of sp³-hybridized carbons (Fsp3) is 0.462. The average Bonchev–Trinajstić information content (AvgIpc) is 3.18. The molecular formula is C13H17N3OS. The Morgan fingerprint density at radius 2 is 2.22 bits per heavy atom. The standard InChI is InChI=1S/C13H17N3OS/c17-13-8-18-12-4-3-10(7-11(12)16-13)15-6-5-14-9-1-2-9/h3-4,7,9,14-15H,1-2,5-6,8H2,(H,16,17). The normalized spacial score (nSPS) is 18.1. The van der Waals surface area contributed by atoms with E-state index >= 15 is 0 Å². The molecule has 5 heteroatoms. The van der Waals surface area contributed by atoms with E-state index in [0.717, 1.165) is 35.4 Å². The molecule has 4 nitrogen and oxygen atoms in total. The van der Waals surface area contributed by atoms with Gasteiger partial charge in [0.2, 0.25) is 5.91 Å². The highest BCUT2D eigenvalue weighted by Crippen LogP contribution is 2.33. The Kier molecular flexibility index (Phi) is 3.43. The molecular weight excluding hydrogens is 246 g/mol. The van der Waals surface area contributed by atoms with Crippen molar-refractivity contribution in [2.24, 2.45) is 0 Å². The Morgan fingerprint density at radius 3 is 3.06 bits per heavy atom. The van der Waals surface area contributed by atoms with Crippen molar-refractivity contribution in [3.05, 3.63) is 18.2 Å². The van der Waals surface area contributed by atoms with E-state index in [-0.39, 0.29) is 5.91 Å². The summed E-state index contributed by atoms with van der Waals surface area (Å²) in [7, 11) is 0. The third kappa shape index (κ3) is 2.97. The molecule has 0 saturated heterocycles. The first-order chi connectivity index (χ1) is 8.81. The average molecular weight is 263 g/mol. The minimum atomic E-state index is 0.0834. The van der Waals surface area contributed by atoms with Gasteiger partial charge in [0.05, 0.1) is 11.4 Å². The Hall–Kier alpha value is -1.20. The summed E-state index contributed by atoms with van der Waals surface area (Å²) in [5.41, 5.74) is 1.99. The molecule has 3 N–H and O–H groups in total. The van der Waals surface area contributed by atoms with Crippen LogP contribution in [0.25, 0.3) is 0 Å². The van der Waals surface area contributed by atoms with Gasteiger partial charge in [-0.2, -0.15) is 0 Å². The van der Waals surface area contributed by atoms with E-state index in [2.05, 4.69) is 28.1 Å². The molecule has 0 atom stereocenters. The third-order valence-corrected chi connectivity index (χ3v) is 4.15. The summed E-state index contributed by atoms with van der Waals surface area (Å²) in [5.74, 6) is 0.602. The largest absolute Gasteiger partial charge is 0.384 e. The highest BCUT2D eigenvalue weighted by atomic mass is 32.2. The predicted molar refractivity (Wildman–Crippen MR) is 75.3 cm³/mol. The zero-order valence-electron chi connectivity index (χ0n) is 10.2. The molecule has 1 heterocycles. The van der Waals surface area contributed by atoms with Crippen LogP contribution in [0.3, 0.4) is 0 Å². The third-order valence-electron chi connectivity index (χ3n) is 3.08. The van der Waals surface area contributed by atoms with E-state index in [1.807, 2.05) is 6.07 Å². The van der Waals surface area contributed by atoms with Crippen molar-refractivity contribution in [1.82, 2.24) is 5.32 Å². The number of nitrogens with one attached hydrogen (secondary N) is 3. The minimum Gasteiger partial charge on any atom is -0.384 e. The summed E-state index contributed by atoms with van der Waals surface area (Å²) in [6.45, 7) is 1.90. The number of rotatable bonds is 5. The molecule has 0 unspecified atom stereocenters. The number of thioether (sulfide) groups is 1. The summed E-state index contributed by atoms with van der Waals surface area (Å²) in [6.07, 6.45) is 2.64. The first-order valence-corrected chi connectivity index (χ1v) is 7.34. The highest BCUT2D eigenvalue weighted by Gasteiger charge is 2.19. The van der Waals surface area contributed by atoms with Crippen LogP contribution in [0.5, 0.6) is 0 Å². The van der Waals surface area contributed by atoms with Gasteiger partial charge in [-0.3, -0.25) is 4.79 Å². The number of carbonyl (C=O) groups excluding carboxylic acids is 1. The van der Waals surface area contributed by atoms with Crippen LogP contribution in [0.15, 0.2) is 23.1 Å². The lowest BCUT2D eigenvalue weighted by Gasteiger charge is -2.17. The number of fused-ring (bicyclic) bond motifs is 1. The van der Waals surface area contributed by atoms with E-state index < -0.39 is 0 Å². The van der Waals surface area contributed by atoms with Crippen LogP contribution in [0, 0.1) is 0 Å². The molecule has 1 aromatic carbocycles. The number of hydrogen-bond acceptors (Lipinski definition) is 4. The zero-order valence-corrected chi connectivity index (χ0v) is 11.0. The van der Waals surface area contributed by atoms with Crippen LogP contribution in [0.1, 0.15) is 12.8 Å². The summed E-state index contributed by atoms with van der Waals surface area (Å²) in [6, 6.07) is 6.90. The van der Waals surface area contributed by atoms with Gasteiger partial charge in [-0.15, -0.1) is 11.8 Å². The summed E-state index contributed by atoms with van der Waals surface area (Å²) in [5, 5.41) is 9.73. The zero-order chi connectivity index (χ0) is 12.4. The number of benzene rings is 1. The Morgan fingerprint density at radius 1 is 1.33 bits per heavy atom. The quantitative estimate of drug-likeness (QED) is 0.710. The fourth-order valence-corrected chi connectivity index (χ4v) is 2.75. The number of hydrogen-bond donors (Lipinski definition) is 3. The van der Waals surface area contributed by atoms with Crippen molar-refractivity contribution < 1.29 is 4.79 Å². The van der Waals surface area contributed by atoms with Gasteiger partial charge in [-0.05, 0) is 31.0 Å². The summed E-state index contributed by atoms with van der Waals surface area (Å²) >= 11 is 1.59. The van der Waals surface area contributed by atoms with Crippen molar-refractivity contribution in [2.45, 2.75) is 23.8 Å². The molecule has 1 aliphatic heterocycles. The predicted octanol–water partition coefficient (Wildman–Crippen LogP) is 1.89. The molecule has 96 valence electrons. The van der Waals surface area contributed by atoms with Gasteiger partial charge >= 0.3 is 0 Å². The Labute approximate surface area is 111 Å². The minimum absolute atomic E-state index is 0.0834. The van der Waals surface area contributed by atoms with E-state index in [4.69, 9.17) is 0 Å². The van der Waals surface area contributed by atoms with Gasteiger partial charge in [0.25, 0.3) is 0 Å². The van der Waals surface area contributed by atoms with Crippen molar-refractivity contribution >= 4 is 29.0 Å².